The summed E-state index contributed by atoms with van der Waals surface area (Å²) in [7, 11) is 4.02. The molecule has 0 radical (unpaired) electrons. The molecular weight excluding hydrogens is 262 g/mol. The number of para-hydroxylation sites is 1. The molecule has 1 amide bonds. The summed E-state index contributed by atoms with van der Waals surface area (Å²) in [5, 5.41) is 6.42. The lowest BCUT2D eigenvalue weighted by Crippen LogP contribution is -2.38. The van der Waals surface area contributed by atoms with Crippen molar-refractivity contribution in [1.82, 2.24) is 5.32 Å². The van der Waals surface area contributed by atoms with Crippen molar-refractivity contribution in [3.63, 3.8) is 0 Å². The third kappa shape index (κ3) is 2.44. The third-order valence-corrected chi connectivity index (χ3v) is 3.82. The average Bonchev–Trinajstić information content (AvgIpc) is 2.48. The number of nitrogens with one attached hydrogen (secondary N) is 2. The highest BCUT2D eigenvalue weighted by molar-refractivity contribution is 6.02. The van der Waals surface area contributed by atoms with Crippen LogP contribution < -0.4 is 15.5 Å². The van der Waals surface area contributed by atoms with Gasteiger partial charge in [0.1, 0.15) is 6.17 Å². The molecule has 0 aliphatic carbocycles. The quantitative estimate of drug-likeness (QED) is 0.889. The van der Waals surface area contributed by atoms with Crippen molar-refractivity contribution < 1.29 is 4.79 Å². The van der Waals surface area contributed by atoms with Gasteiger partial charge in [0.2, 0.25) is 0 Å². The molecule has 2 aromatic carbocycles. The van der Waals surface area contributed by atoms with Gasteiger partial charge in [-0.3, -0.25) is 4.79 Å². The molecule has 2 aromatic rings. The van der Waals surface area contributed by atoms with Crippen molar-refractivity contribution >= 4 is 17.3 Å². The van der Waals surface area contributed by atoms with Gasteiger partial charge in [-0.15, -0.1) is 0 Å². The van der Waals surface area contributed by atoms with Gasteiger partial charge < -0.3 is 15.5 Å². The van der Waals surface area contributed by atoms with Gasteiger partial charge in [-0.05, 0) is 36.2 Å². The van der Waals surface area contributed by atoms with Crippen LogP contribution in [0.3, 0.4) is 0 Å². The molecule has 3 rings (SSSR count). The van der Waals surface area contributed by atoms with Crippen LogP contribution >= 0.6 is 0 Å². The molecule has 1 heterocycles. The van der Waals surface area contributed by atoms with Crippen molar-refractivity contribution in [2.24, 2.45) is 0 Å². The zero-order valence-electron chi connectivity index (χ0n) is 12.5. The minimum Gasteiger partial charge on any atom is -0.378 e. The average molecular weight is 281 g/mol. The first-order valence-electron chi connectivity index (χ1n) is 7.00. The van der Waals surface area contributed by atoms with Crippen LogP contribution in [0.25, 0.3) is 0 Å². The van der Waals surface area contributed by atoms with Gasteiger partial charge >= 0.3 is 0 Å². The Bertz CT molecular complexity index is 677. The largest absolute Gasteiger partial charge is 0.378 e. The number of amides is 1. The normalized spacial score (nSPS) is 16.7. The number of anilines is 2. The fraction of sp³-hybridized carbons (Fsp3) is 0.235. The minimum absolute atomic E-state index is 0.0332. The van der Waals surface area contributed by atoms with Crippen LogP contribution in [0.5, 0.6) is 0 Å². The summed E-state index contributed by atoms with van der Waals surface area (Å²) in [5.41, 5.74) is 4.89. The number of benzene rings is 2. The lowest BCUT2D eigenvalue weighted by molar-refractivity contribution is 0.0935. The van der Waals surface area contributed by atoms with Crippen LogP contribution in [0.2, 0.25) is 0 Å². The second kappa shape index (κ2) is 5.13. The van der Waals surface area contributed by atoms with Gasteiger partial charge in [0.05, 0.1) is 11.3 Å². The standard InChI is InChI=1S/C17H19N3O/c1-11-5-4-6-14-15(11)18-16(19-17(14)21)12-7-9-13(10-8-12)20(2)3/h4-10,16,18H,1-3H3,(H,19,21)/t16-/m1/s1. The van der Waals surface area contributed by atoms with Crippen molar-refractivity contribution in [2.75, 3.05) is 24.3 Å². The summed E-state index contributed by atoms with van der Waals surface area (Å²) in [6.45, 7) is 2.01. The highest BCUT2D eigenvalue weighted by atomic mass is 16.2. The molecule has 1 aliphatic rings. The zero-order chi connectivity index (χ0) is 15.0. The van der Waals surface area contributed by atoms with E-state index < -0.39 is 0 Å². The Hall–Kier alpha value is -2.49. The molecule has 1 atom stereocenters. The topological polar surface area (TPSA) is 44.4 Å². The van der Waals surface area contributed by atoms with E-state index in [9.17, 15) is 4.79 Å². The zero-order valence-corrected chi connectivity index (χ0v) is 12.5. The summed E-state index contributed by atoms with van der Waals surface area (Å²) in [4.78, 5) is 14.3. The highest BCUT2D eigenvalue weighted by Gasteiger charge is 2.25. The molecule has 0 saturated carbocycles. The molecule has 1 aliphatic heterocycles. The Morgan fingerprint density at radius 3 is 2.38 bits per heavy atom. The maximum atomic E-state index is 12.2. The van der Waals surface area contributed by atoms with E-state index in [1.165, 1.54) is 0 Å². The fourth-order valence-corrected chi connectivity index (χ4v) is 2.57. The molecule has 21 heavy (non-hydrogen) atoms. The number of rotatable bonds is 2. The van der Waals surface area contributed by atoms with E-state index in [0.29, 0.717) is 5.56 Å². The summed E-state index contributed by atoms with van der Waals surface area (Å²) in [6, 6.07) is 13.9. The predicted molar refractivity (Wildman–Crippen MR) is 85.8 cm³/mol. The number of hydrogen-bond acceptors (Lipinski definition) is 3. The van der Waals surface area contributed by atoms with E-state index in [1.807, 2.05) is 51.4 Å². The monoisotopic (exact) mass is 281 g/mol. The van der Waals surface area contributed by atoms with Crippen LogP contribution in [0.4, 0.5) is 11.4 Å². The highest BCUT2D eigenvalue weighted by Crippen LogP contribution is 2.29. The Morgan fingerprint density at radius 2 is 1.71 bits per heavy atom. The maximum Gasteiger partial charge on any atom is 0.255 e. The maximum absolute atomic E-state index is 12.2. The van der Waals surface area contributed by atoms with E-state index in [1.54, 1.807) is 0 Å². The third-order valence-electron chi connectivity index (χ3n) is 3.82. The Kier molecular flexibility index (Phi) is 3.29. The Morgan fingerprint density at radius 1 is 1.00 bits per heavy atom. The van der Waals surface area contributed by atoms with Gasteiger partial charge in [-0.1, -0.05) is 24.3 Å². The van der Waals surface area contributed by atoms with Gasteiger partial charge in [0.25, 0.3) is 5.91 Å². The number of carbonyl (C=O) groups is 1. The molecule has 0 unspecified atom stereocenters. The fourth-order valence-electron chi connectivity index (χ4n) is 2.57. The molecule has 4 heteroatoms. The first-order valence-corrected chi connectivity index (χ1v) is 7.00. The van der Waals surface area contributed by atoms with E-state index in [-0.39, 0.29) is 12.1 Å². The number of hydrogen-bond donors (Lipinski definition) is 2. The predicted octanol–water partition coefficient (Wildman–Crippen LogP) is 2.92. The molecule has 108 valence electrons. The van der Waals surface area contributed by atoms with Crippen LogP contribution in [0.1, 0.15) is 27.7 Å². The van der Waals surface area contributed by atoms with Crippen LogP contribution in [-0.2, 0) is 0 Å². The second-order valence-electron chi connectivity index (χ2n) is 5.53. The first-order chi connectivity index (χ1) is 10.1. The van der Waals surface area contributed by atoms with E-state index in [0.717, 1.165) is 22.5 Å². The van der Waals surface area contributed by atoms with E-state index in [4.69, 9.17) is 0 Å². The number of nitrogens with zero attached hydrogens (tertiary/aromatic N) is 1. The lowest BCUT2D eigenvalue weighted by Gasteiger charge is -2.29. The molecule has 0 fully saturated rings. The van der Waals surface area contributed by atoms with Gasteiger partial charge in [-0.2, -0.15) is 0 Å². The molecule has 0 bridgehead atoms. The molecule has 0 spiro atoms. The lowest BCUT2D eigenvalue weighted by atomic mass is 10.0. The van der Waals surface area contributed by atoms with Gasteiger partial charge in [-0.25, -0.2) is 0 Å². The van der Waals surface area contributed by atoms with Crippen molar-refractivity contribution in [3.05, 3.63) is 59.2 Å². The summed E-state index contributed by atoms with van der Waals surface area (Å²) < 4.78 is 0. The van der Waals surface area contributed by atoms with E-state index in [2.05, 4.69) is 27.7 Å². The number of fused-ring (bicyclic) bond motifs is 1. The minimum atomic E-state index is -0.192. The molecule has 2 N–H and O–H groups in total. The number of carbonyl (C=O) groups excluding carboxylic acids is 1. The first kappa shape index (κ1) is 13.5. The Balaban J connectivity index is 1.92. The van der Waals surface area contributed by atoms with Crippen LogP contribution in [-0.4, -0.2) is 20.0 Å². The van der Waals surface area contributed by atoms with Crippen LogP contribution in [0, 0.1) is 6.92 Å². The summed E-state index contributed by atoms with van der Waals surface area (Å²) in [6.07, 6.45) is -0.192. The van der Waals surface area contributed by atoms with Crippen molar-refractivity contribution in [1.29, 1.82) is 0 Å². The molecule has 0 aromatic heterocycles. The summed E-state index contributed by atoms with van der Waals surface area (Å²) >= 11 is 0. The van der Waals surface area contributed by atoms with Crippen molar-refractivity contribution in [3.8, 4) is 0 Å². The van der Waals surface area contributed by atoms with Crippen LogP contribution in [0.15, 0.2) is 42.5 Å². The molecular formula is C17H19N3O. The molecule has 4 nitrogen and oxygen atoms in total. The van der Waals surface area contributed by atoms with Gasteiger partial charge in [0.15, 0.2) is 0 Å². The summed E-state index contributed by atoms with van der Waals surface area (Å²) in [5.74, 6) is -0.0332. The number of aryl methyl sites for hydroxylation is 1. The van der Waals surface area contributed by atoms with E-state index >= 15 is 0 Å². The van der Waals surface area contributed by atoms with Crippen molar-refractivity contribution in [2.45, 2.75) is 13.1 Å². The second-order valence-corrected chi connectivity index (χ2v) is 5.53. The SMILES string of the molecule is Cc1cccc2c1N[C@@H](c1ccc(N(C)C)cc1)NC2=O. The Labute approximate surface area is 124 Å². The smallest absolute Gasteiger partial charge is 0.255 e. The van der Waals surface area contributed by atoms with Gasteiger partial charge in [0, 0.05) is 19.8 Å². The molecule has 0 saturated heterocycles.